The Morgan fingerprint density at radius 3 is 3.11 bits per heavy atom. The topological polar surface area (TPSA) is 80.1 Å². The van der Waals surface area contributed by atoms with Crippen LogP contribution in [0, 0.1) is 18.3 Å². The van der Waals surface area contributed by atoms with Crippen molar-refractivity contribution in [3.63, 3.8) is 0 Å². The zero-order valence-corrected chi connectivity index (χ0v) is 10.5. The Hall–Kier alpha value is -1.71. The first kappa shape index (κ1) is 12.7. The van der Waals surface area contributed by atoms with E-state index in [4.69, 9.17) is 14.7 Å². The second-order valence-corrected chi connectivity index (χ2v) is 4.33. The van der Waals surface area contributed by atoms with Gasteiger partial charge in [0.15, 0.2) is 0 Å². The van der Waals surface area contributed by atoms with Gasteiger partial charge in [0.25, 0.3) is 0 Å². The molecule has 0 aromatic carbocycles. The molecule has 1 aromatic heterocycles. The van der Waals surface area contributed by atoms with E-state index in [0.29, 0.717) is 18.0 Å². The lowest BCUT2D eigenvalue weighted by atomic mass is 10.2. The summed E-state index contributed by atoms with van der Waals surface area (Å²) in [4.78, 5) is 8.11. The molecule has 2 unspecified atom stereocenters. The van der Waals surface area contributed by atoms with E-state index in [2.05, 4.69) is 15.3 Å². The summed E-state index contributed by atoms with van der Waals surface area (Å²) in [7, 11) is 0. The number of hydrogen-bond donors (Lipinski definition) is 1. The molecule has 1 N–H and O–H groups in total. The minimum Gasteiger partial charge on any atom is -0.461 e. The van der Waals surface area contributed by atoms with Crippen molar-refractivity contribution in [3.05, 3.63) is 17.5 Å². The molecule has 0 radical (unpaired) electrons. The van der Waals surface area contributed by atoms with Gasteiger partial charge in [-0.3, -0.25) is 0 Å². The molecule has 1 aromatic rings. The van der Waals surface area contributed by atoms with Crippen LogP contribution in [0.5, 0.6) is 6.01 Å². The normalized spacial score (nSPS) is 23.4. The van der Waals surface area contributed by atoms with Gasteiger partial charge in [-0.05, 0) is 19.9 Å². The summed E-state index contributed by atoms with van der Waals surface area (Å²) in [5.41, 5.74) is 1.03. The molecule has 2 atom stereocenters. The van der Waals surface area contributed by atoms with Crippen molar-refractivity contribution in [2.24, 2.45) is 0 Å². The lowest BCUT2D eigenvalue weighted by molar-refractivity contribution is -0.0483. The molecule has 1 saturated heterocycles. The zero-order chi connectivity index (χ0) is 13.0. The Morgan fingerprint density at radius 2 is 2.39 bits per heavy atom. The maximum Gasteiger partial charge on any atom is 0.317 e. The molecule has 0 saturated carbocycles. The van der Waals surface area contributed by atoms with Crippen molar-refractivity contribution in [3.8, 4) is 12.1 Å². The highest BCUT2D eigenvalue weighted by atomic mass is 16.5. The van der Waals surface area contributed by atoms with E-state index < -0.39 is 0 Å². The van der Waals surface area contributed by atoms with Gasteiger partial charge < -0.3 is 14.8 Å². The molecule has 6 nitrogen and oxygen atoms in total. The van der Waals surface area contributed by atoms with Crippen molar-refractivity contribution in [2.45, 2.75) is 26.1 Å². The number of nitrogens with one attached hydrogen (secondary N) is 1. The minimum absolute atomic E-state index is 0.0107. The number of aromatic nitrogens is 2. The largest absolute Gasteiger partial charge is 0.461 e. The van der Waals surface area contributed by atoms with Crippen LogP contribution in [0.4, 0.5) is 0 Å². The third-order valence-electron chi connectivity index (χ3n) is 2.58. The van der Waals surface area contributed by atoms with Crippen LogP contribution in [0.2, 0.25) is 0 Å². The van der Waals surface area contributed by atoms with Gasteiger partial charge in [-0.25, -0.2) is 4.98 Å². The summed E-state index contributed by atoms with van der Waals surface area (Å²) in [6.07, 6.45) is 0.170. The van der Waals surface area contributed by atoms with Crippen LogP contribution in [-0.4, -0.2) is 41.9 Å². The van der Waals surface area contributed by atoms with E-state index in [-0.39, 0.29) is 18.2 Å². The highest BCUT2D eigenvalue weighted by Crippen LogP contribution is 2.09. The second-order valence-electron chi connectivity index (χ2n) is 4.33. The lowest BCUT2D eigenvalue weighted by Crippen LogP contribution is -2.45. The number of hydrogen-bond acceptors (Lipinski definition) is 6. The van der Waals surface area contributed by atoms with E-state index in [9.17, 15) is 0 Å². The first-order valence-corrected chi connectivity index (χ1v) is 5.92. The van der Waals surface area contributed by atoms with Crippen LogP contribution in [0.15, 0.2) is 6.07 Å². The van der Waals surface area contributed by atoms with Crippen LogP contribution in [0.1, 0.15) is 18.3 Å². The quantitative estimate of drug-likeness (QED) is 0.834. The third kappa shape index (κ3) is 3.39. The van der Waals surface area contributed by atoms with E-state index in [1.807, 2.05) is 13.0 Å². The SMILES string of the molecule is Cc1cc(C#N)nc(OCC2CNCC(C)O2)n1. The van der Waals surface area contributed by atoms with Crippen molar-refractivity contribution in [1.82, 2.24) is 15.3 Å². The predicted octanol–water partition coefficient (Wildman–Crippen LogP) is 0.412. The summed E-state index contributed by atoms with van der Waals surface area (Å²) in [6.45, 7) is 5.80. The lowest BCUT2D eigenvalue weighted by Gasteiger charge is -2.28. The van der Waals surface area contributed by atoms with Gasteiger partial charge in [0, 0.05) is 18.8 Å². The summed E-state index contributed by atoms with van der Waals surface area (Å²) in [6, 6.07) is 3.83. The van der Waals surface area contributed by atoms with Gasteiger partial charge >= 0.3 is 6.01 Å². The molecule has 1 fully saturated rings. The van der Waals surface area contributed by atoms with Gasteiger partial charge in [0.05, 0.1) is 6.10 Å². The average molecular weight is 248 g/mol. The van der Waals surface area contributed by atoms with Gasteiger partial charge in [-0.1, -0.05) is 0 Å². The molecule has 6 heteroatoms. The third-order valence-corrected chi connectivity index (χ3v) is 2.58. The maximum atomic E-state index is 8.81. The van der Waals surface area contributed by atoms with Crippen LogP contribution < -0.4 is 10.1 Å². The van der Waals surface area contributed by atoms with E-state index in [0.717, 1.165) is 13.1 Å². The Morgan fingerprint density at radius 1 is 1.56 bits per heavy atom. The smallest absolute Gasteiger partial charge is 0.317 e. The molecule has 0 spiro atoms. The standard InChI is InChI=1S/C12H16N4O2/c1-8-3-10(4-13)16-12(15-8)17-7-11-6-14-5-9(2)18-11/h3,9,11,14H,5-7H2,1-2H3. The number of nitriles is 1. The number of nitrogens with zero attached hydrogens (tertiary/aromatic N) is 3. The highest BCUT2D eigenvalue weighted by molar-refractivity contribution is 5.23. The van der Waals surface area contributed by atoms with Crippen molar-refractivity contribution < 1.29 is 9.47 Å². The molecule has 0 aliphatic carbocycles. The molecule has 0 bridgehead atoms. The Bertz CT molecular complexity index is 458. The van der Waals surface area contributed by atoms with Crippen LogP contribution in [0.3, 0.4) is 0 Å². The Balaban J connectivity index is 1.93. The number of rotatable bonds is 3. The van der Waals surface area contributed by atoms with E-state index in [1.165, 1.54) is 0 Å². The first-order chi connectivity index (χ1) is 8.67. The molecule has 96 valence electrons. The number of aryl methyl sites for hydroxylation is 1. The van der Waals surface area contributed by atoms with Gasteiger partial charge in [0.2, 0.25) is 0 Å². The monoisotopic (exact) mass is 248 g/mol. The van der Waals surface area contributed by atoms with Gasteiger partial charge in [-0.2, -0.15) is 10.2 Å². The molecule has 0 amide bonds. The molecule has 1 aliphatic rings. The summed E-state index contributed by atoms with van der Waals surface area (Å²) >= 11 is 0. The fourth-order valence-electron chi connectivity index (χ4n) is 1.80. The zero-order valence-electron chi connectivity index (χ0n) is 10.5. The first-order valence-electron chi connectivity index (χ1n) is 5.92. The average Bonchev–Trinajstić information content (AvgIpc) is 2.36. The van der Waals surface area contributed by atoms with Gasteiger partial charge in [-0.15, -0.1) is 0 Å². The Kier molecular flexibility index (Phi) is 4.07. The molecule has 2 rings (SSSR count). The van der Waals surface area contributed by atoms with Crippen LogP contribution in [-0.2, 0) is 4.74 Å². The second kappa shape index (κ2) is 5.76. The Labute approximate surface area is 106 Å². The van der Waals surface area contributed by atoms with Crippen molar-refractivity contribution >= 4 is 0 Å². The van der Waals surface area contributed by atoms with Gasteiger partial charge in [0.1, 0.15) is 24.5 Å². The highest BCUT2D eigenvalue weighted by Gasteiger charge is 2.19. The molecule has 1 aliphatic heterocycles. The maximum absolute atomic E-state index is 8.81. The predicted molar refractivity (Wildman–Crippen MR) is 64.2 cm³/mol. The molecular formula is C12H16N4O2. The summed E-state index contributed by atoms with van der Waals surface area (Å²) < 4.78 is 11.2. The summed E-state index contributed by atoms with van der Waals surface area (Å²) in [5, 5.41) is 12.1. The van der Waals surface area contributed by atoms with Crippen molar-refractivity contribution in [1.29, 1.82) is 5.26 Å². The van der Waals surface area contributed by atoms with Crippen LogP contribution >= 0.6 is 0 Å². The number of ether oxygens (including phenoxy) is 2. The molecule has 18 heavy (non-hydrogen) atoms. The molecular weight excluding hydrogens is 232 g/mol. The number of morpholine rings is 1. The molecule has 2 heterocycles. The van der Waals surface area contributed by atoms with E-state index in [1.54, 1.807) is 13.0 Å². The summed E-state index contributed by atoms with van der Waals surface area (Å²) in [5.74, 6) is 0. The van der Waals surface area contributed by atoms with Crippen molar-refractivity contribution in [2.75, 3.05) is 19.7 Å². The van der Waals surface area contributed by atoms with Crippen LogP contribution in [0.25, 0.3) is 0 Å². The fraction of sp³-hybridized carbons (Fsp3) is 0.583. The minimum atomic E-state index is -0.0107. The fourth-order valence-corrected chi connectivity index (χ4v) is 1.80. The van der Waals surface area contributed by atoms with E-state index >= 15 is 0 Å².